The zero-order valence-corrected chi connectivity index (χ0v) is 22.5. The van der Waals surface area contributed by atoms with Crippen LogP contribution in [0.5, 0.6) is 5.75 Å². The summed E-state index contributed by atoms with van der Waals surface area (Å²) in [5.41, 5.74) is 4.10. The van der Waals surface area contributed by atoms with Crippen molar-refractivity contribution in [2.75, 3.05) is 6.54 Å². The molecule has 0 radical (unpaired) electrons. The van der Waals surface area contributed by atoms with E-state index in [-0.39, 0.29) is 5.78 Å². The Labute approximate surface area is 233 Å². The maximum atomic E-state index is 12.7. The van der Waals surface area contributed by atoms with Crippen molar-refractivity contribution in [1.82, 2.24) is 9.88 Å². The number of hydrogen-bond donors (Lipinski definition) is 1. The van der Waals surface area contributed by atoms with Crippen LogP contribution in [-0.4, -0.2) is 16.9 Å². The molecule has 4 aromatic rings. The number of nitrogens with zero attached hydrogens (tertiary/aromatic N) is 1. The van der Waals surface area contributed by atoms with E-state index in [0.29, 0.717) is 18.3 Å². The van der Waals surface area contributed by atoms with Crippen LogP contribution in [0.2, 0.25) is 0 Å². The van der Waals surface area contributed by atoms with Gasteiger partial charge in [0.15, 0.2) is 0 Å². The topological polar surface area (TPSA) is 43.3 Å². The van der Waals surface area contributed by atoms with Gasteiger partial charge in [-0.05, 0) is 54.8 Å². The third-order valence-electron chi connectivity index (χ3n) is 6.73. The predicted octanol–water partition coefficient (Wildman–Crippen LogP) is 8.00. The van der Waals surface area contributed by atoms with Gasteiger partial charge in [0.25, 0.3) is 0 Å². The fraction of sp³-hybridized carbons (Fsp3) is 0.242. The van der Waals surface area contributed by atoms with Gasteiger partial charge in [-0.3, -0.25) is 4.79 Å². The molecule has 0 spiro atoms. The van der Waals surface area contributed by atoms with Gasteiger partial charge in [-0.2, -0.15) is 13.2 Å². The van der Waals surface area contributed by atoms with Crippen LogP contribution in [0.15, 0.2) is 109 Å². The zero-order chi connectivity index (χ0) is 28.5. The number of benzene rings is 3. The minimum Gasteiger partial charge on any atom is -0.489 e. The lowest BCUT2D eigenvalue weighted by molar-refractivity contribution is -0.137. The molecule has 1 aliphatic heterocycles. The molecule has 0 amide bonds. The van der Waals surface area contributed by atoms with Gasteiger partial charge in [-0.25, -0.2) is 0 Å². The summed E-state index contributed by atoms with van der Waals surface area (Å²) in [4.78, 5) is 12.7. The number of aromatic nitrogens is 1. The van der Waals surface area contributed by atoms with Gasteiger partial charge in [0.1, 0.15) is 12.4 Å². The molecule has 1 aromatic heterocycles. The number of carbonyl (C=O) groups excluding carboxylic acids is 1. The van der Waals surface area contributed by atoms with Gasteiger partial charge >= 0.3 is 6.18 Å². The lowest BCUT2D eigenvalue weighted by Gasteiger charge is -2.15. The second kappa shape index (κ2) is 13.2. The first-order valence-corrected chi connectivity index (χ1v) is 13.3. The van der Waals surface area contributed by atoms with E-state index >= 15 is 0 Å². The van der Waals surface area contributed by atoms with Gasteiger partial charge in [-0.15, -0.1) is 0 Å². The van der Waals surface area contributed by atoms with Crippen LogP contribution in [0.3, 0.4) is 0 Å². The highest BCUT2D eigenvalue weighted by molar-refractivity contribution is 6.08. The normalized spacial score (nSPS) is 14.1. The van der Waals surface area contributed by atoms with Crippen LogP contribution in [0.25, 0.3) is 0 Å². The second-order valence-electron chi connectivity index (χ2n) is 9.58. The minimum absolute atomic E-state index is 0.0969. The molecule has 3 aromatic carbocycles. The lowest BCUT2D eigenvalue weighted by atomic mass is 10.0. The lowest BCUT2D eigenvalue weighted by Crippen LogP contribution is -2.18. The van der Waals surface area contributed by atoms with E-state index in [1.165, 1.54) is 17.8 Å². The highest BCUT2D eigenvalue weighted by atomic mass is 19.4. The van der Waals surface area contributed by atoms with Crippen LogP contribution in [0, 0.1) is 0 Å². The molecule has 208 valence electrons. The Morgan fingerprint density at radius 3 is 2.23 bits per heavy atom. The van der Waals surface area contributed by atoms with Crippen LogP contribution in [0.4, 0.5) is 13.2 Å². The highest BCUT2D eigenvalue weighted by Gasteiger charge is 2.30. The summed E-state index contributed by atoms with van der Waals surface area (Å²) in [6, 6.07) is 27.6. The summed E-state index contributed by atoms with van der Waals surface area (Å²) in [5, 5.41) is 3.39. The smallest absolute Gasteiger partial charge is 0.416 e. The molecule has 1 unspecified atom stereocenters. The van der Waals surface area contributed by atoms with Gasteiger partial charge in [0, 0.05) is 36.0 Å². The number of carbonyl (C=O) groups is 1. The maximum Gasteiger partial charge on any atom is 0.416 e. The Bertz CT molecular complexity index is 1400. The van der Waals surface area contributed by atoms with E-state index in [1.54, 1.807) is 0 Å². The summed E-state index contributed by atoms with van der Waals surface area (Å²) in [6.45, 7) is 8.50. The van der Waals surface area contributed by atoms with Crippen molar-refractivity contribution in [1.29, 1.82) is 0 Å². The van der Waals surface area contributed by atoms with E-state index in [0.717, 1.165) is 60.6 Å². The van der Waals surface area contributed by atoms with E-state index in [4.69, 9.17) is 4.74 Å². The second-order valence-corrected chi connectivity index (χ2v) is 9.58. The predicted molar refractivity (Wildman–Crippen MR) is 151 cm³/mol. The summed E-state index contributed by atoms with van der Waals surface area (Å²) in [6.07, 6.45) is -2.21. The van der Waals surface area contributed by atoms with Gasteiger partial charge in [0.05, 0.1) is 11.3 Å². The van der Waals surface area contributed by atoms with Crippen molar-refractivity contribution in [2.45, 2.75) is 45.0 Å². The Balaban J connectivity index is 0.000000189. The molecule has 0 aliphatic carbocycles. The van der Waals surface area contributed by atoms with E-state index in [1.807, 2.05) is 66.7 Å². The van der Waals surface area contributed by atoms with Gasteiger partial charge < -0.3 is 14.6 Å². The minimum atomic E-state index is -4.31. The number of ketones is 1. The van der Waals surface area contributed by atoms with Crippen molar-refractivity contribution in [3.63, 3.8) is 0 Å². The van der Waals surface area contributed by atoms with Crippen molar-refractivity contribution < 1.29 is 22.7 Å². The Morgan fingerprint density at radius 2 is 1.60 bits per heavy atom. The van der Waals surface area contributed by atoms with E-state index < -0.39 is 11.7 Å². The van der Waals surface area contributed by atoms with Crippen LogP contribution < -0.4 is 10.1 Å². The average molecular weight is 547 g/mol. The zero-order valence-electron chi connectivity index (χ0n) is 22.5. The van der Waals surface area contributed by atoms with E-state index in [9.17, 15) is 18.0 Å². The molecule has 5 rings (SSSR count). The largest absolute Gasteiger partial charge is 0.489 e. The summed E-state index contributed by atoms with van der Waals surface area (Å²) in [5.74, 6) is 0.829. The fourth-order valence-corrected chi connectivity index (χ4v) is 4.62. The molecule has 0 fully saturated rings. The molecule has 1 atom stereocenters. The monoisotopic (exact) mass is 546 g/mol. The molecule has 7 heteroatoms. The number of nitrogens with one attached hydrogen (secondary N) is 1. The molecule has 0 saturated carbocycles. The number of fused-ring (bicyclic) bond motifs is 1. The van der Waals surface area contributed by atoms with E-state index in [2.05, 4.69) is 29.5 Å². The summed E-state index contributed by atoms with van der Waals surface area (Å²) in [7, 11) is 0. The Hall–Kier alpha value is -4.26. The molecule has 40 heavy (non-hydrogen) atoms. The standard InChI is InChI=1S/C19H22N2O.C14H11F3O/c1-3-12-20-14(2)16-11-13-21-17(16)9-10-18(21)19(22)15-7-5-4-6-8-15;15-14(16,17)12-6-8-13(9-7-12)18-10-11-4-2-1-3-5-11/h4-10,16,20H,2-3,11-13H2,1H3;1-9H,10H2. The third kappa shape index (κ3) is 7.23. The molecule has 1 aliphatic rings. The van der Waals surface area contributed by atoms with Crippen molar-refractivity contribution in [2.24, 2.45) is 0 Å². The first-order valence-electron chi connectivity index (χ1n) is 13.3. The first-order chi connectivity index (χ1) is 19.3. The SMILES string of the molecule is C=C(NCCC)C1CCn2c(C(=O)c3ccccc3)ccc21.FC(F)(F)c1ccc(OCc2ccccc2)cc1. The van der Waals surface area contributed by atoms with Crippen LogP contribution in [0.1, 0.15) is 58.6 Å². The Morgan fingerprint density at radius 1 is 0.950 bits per heavy atom. The number of ether oxygens (including phenoxy) is 1. The first kappa shape index (κ1) is 28.7. The van der Waals surface area contributed by atoms with Gasteiger partial charge in [0.2, 0.25) is 5.78 Å². The van der Waals surface area contributed by atoms with Crippen molar-refractivity contribution >= 4 is 5.78 Å². The summed E-state index contributed by atoms with van der Waals surface area (Å²) >= 11 is 0. The van der Waals surface area contributed by atoms with Crippen molar-refractivity contribution in [3.8, 4) is 5.75 Å². The van der Waals surface area contributed by atoms with Crippen LogP contribution in [-0.2, 0) is 19.3 Å². The quantitative estimate of drug-likeness (QED) is 0.216. The molecular weight excluding hydrogens is 513 g/mol. The van der Waals surface area contributed by atoms with Crippen molar-refractivity contribution in [3.05, 3.63) is 137 Å². The maximum absolute atomic E-state index is 12.7. The molecule has 0 saturated heterocycles. The molecule has 0 bridgehead atoms. The number of halogens is 3. The molecule has 2 heterocycles. The number of hydrogen-bond acceptors (Lipinski definition) is 3. The molecule has 1 N–H and O–H groups in total. The van der Waals surface area contributed by atoms with Crippen LogP contribution >= 0.6 is 0 Å². The number of allylic oxidation sites excluding steroid dienone is 1. The number of alkyl halides is 3. The average Bonchev–Trinajstić information content (AvgIpc) is 3.58. The summed E-state index contributed by atoms with van der Waals surface area (Å²) < 4.78 is 44.5. The Kier molecular flexibility index (Phi) is 9.48. The molecular formula is C33H33F3N2O2. The van der Waals surface area contributed by atoms with Gasteiger partial charge in [-0.1, -0.05) is 74.2 Å². The third-order valence-corrected chi connectivity index (χ3v) is 6.73. The highest BCUT2D eigenvalue weighted by Crippen LogP contribution is 2.35. The molecule has 4 nitrogen and oxygen atoms in total. The number of rotatable bonds is 9. The fourth-order valence-electron chi connectivity index (χ4n) is 4.62.